The lowest BCUT2D eigenvalue weighted by molar-refractivity contribution is 0.0791. The van der Waals surface area contributed by atoms with E-state index >= 15 is 0 Å². The molecule has 1 saturated heterocycles. The Morgan fingerprint density at radius 3 is 2.59 bits per heavy atom. The van der Waals surface area contributed by atoms with Gasteiger partial charge < -0.3 is 10.6 Å². The van der Waals surface area contributed by atoms with Gasteiger partial charge in [-0.3, -0.25) is 4.79 Å². The summed E-state index contributed by atoms with van der Waals surface area (Å²) in [5.74, 6) is 0.107. The minimum Gasteiger partial charge on any atom is -0.337 e. The molecule has 1 aromatic rings. The van der Waals surface area contributed by atoms with Crippen LogP contribution in [0.2, 0.25) is 0 Å². The number of carbonyl (C=O) groups excluding carboxylic acids is 1. The summed E-state index contributed by atoms with van der Waals surface area (Å²) in [6.45, 7) is 5.55. The van der Waals surface area contributed by atoms with Gasteiger partial charge in [-0.15, -0.1) is 12.4 Å². The lowest BCUT2D eigenvalue weighted by atomic mass is 10.1. The average molecular weight is 255 g/mol. The zero-order valence-corrected chi connectivity index (χ0v) is 11.1. The van der Waals surface area contributed by atoms with Gasteiger partial charge in [-0.2, -0.15) is 0 Å². The van der Waals surface area contributed by atoms with Crippen LogP contribution in [-0.2, 0) is 0 Å². The summed E-state index contributed by atoms with van der Waals surface area (Å²) in [6, 6.07) is 6.00. The van der Waals surface area contributed by atoms with Crippen LogP contribution in [0.1, 0.15) is 27.9 Å². The summed E-state index contributed by atoms with van der Waals surface area (Å²) in [6.07, 6.45) is 0.913. The number of carbonyl (C=O) groups is 1. The fraction of sp³-hybridized carbons (Fsp3) is 0.462. The molecule has 0 aliphatic carbocycles. The molecule has 3 nitrogen and oxygen atoms in total. The van der Waals surface area contributed by atoms with Gasteiger partial charge in [0.05, 0.1) is 0 Å². The maximum absolute atomic E-state index is 12.1. The van der Waals surface area contributed by atoms with Gasteiger partial charge >= 0.3 is 0 Å². The van der Waals surface area contributed by atoms with Crippen molar-refractivity contribution in [3.05, 3.63) is 34.9 Å². The maximum atomic E-state index is 12.1. The van der Waals surface area contributed by atoms with Crippen molar-refractivity contribution in [2.75, 3.05) is 13.1 Å². The van der Waals surface area contributed by atoms with Crippen molar-refractivity contribution >= 4 is 18.3 Å². The number of amides is 1. The molecule has 2 N–H and O–H groups in total. The van der Waals surface area contributed by atoms with Gasteiger partial charge in [0, 0.05) is 24.7 Å². The van der Waals surface area contributed by atoms with Gasteiger partial charge in [0.1, 0.15) is 0 Å². The number of nitrogens with zero attached hydrogens (tertiary/aromatic N) is 1. The number of likely N-dealkylation sites (tertiary alicyclic amines) is 1. The van der Waals surface area contributed by atoms with Gasteiger partial charge in [0.2, 0.25) is 0 Å². The summed E-state index contributed by atoms with van der Waals surface area (Å²) in [5, 5.41) is 0. The van der Waals surface area contributed by atoms with E-state index in [1.54, 1.807) is 0 Å². The van der Waals surface area contributed by atoms with Crippen molar-refractivity contribution in [3.8, 4) is 0 Å². The largest absolute Gasteiger partial charge is 0.337 e. The number of hydrogen-bond acceptors (Lipinski definition) is 2. The van der Waals surface area contributed by atoms with Crippen molar-refractivity contribution in [2.45, 2.75) is 26.3 Å². The van der Waals surface area contributed by atoms with E-state index in [9.17, 15) is 4.79 Å². The molecule has 1 atom stereocenters. The number of hydrogen-bond donors (Lipinski definition) is 1. The first-order valence-electron chi connectivity index (χ1n) is 5.70. The Kier molecular flexibility index (Phi) is 4.54. The molecule has 94 valence electrons. The van der Waals surface area contributed by atoms with Crippen LogP contribution in [0.3, 0.4) is 0 Å². The zero-order chi connectivity index (χ0) is 11.7. The van der Waals surface area contributed by atoms with Crippen molar-refractivity contribution in [3.63, 3.8) is 0 Å². The number of halogens is 1. The molecule has 1 amide bonds. The van der Waals surface area contributed by atoms with Gasteiger partial charge in [-0.25, -0.2) is 0 Å². The summed E-state index contributed by atoms with van der Waals surface area (Å²) in [4.78, 5) is 14.0. The van der Waals surface area contributed by atoms with E-state index < -0.39 is 0 Å². The number of rotatable bonds is 1. The van der Waals surface area contributed by atoms with Crippen LogP contribution in [0, 0.1) is 13.8 Å². The highest BCUT2D eigenvalue weighted by Crippen LogP contribution is 2.15. The van der Waals surface area contributed by atoms with Gasteiger partial charge in [-0.05, 0) is 43.5 Å². The van der Waals surface area contributed by atoms with Crippen LogP contribution >= 0.6 is 12.4 Å². The van der Waals surface area contributed by atoms with E-state index in [1.165, 1.54) is 5.56 Å². The topological polar surface area (TPSA) is 46.3 Å². The molecule has 1 heterocycles. The van der Waals surface area contributed by atoms with Crippen LogP contribution in [0.25, 0.3) is 0 Å². The molecule has 0 saturated carbocycles. The molecule has 0 aromatic heterocycles. The second kappa shape index (κ2) is 5.52. The second-order valence-corrected chi connectivity index (χ2v) is 4.60. The summed E-state index contributed by atoms with van der Waals surface area (Å²) >= 11 is 0. The normalized spacial score (nSPS) is 19.0. The van der Waals surface area contributed by atoms with E-state index in [4.69, 9.17) is 5.73 Å². The first-order chi connectivity index (χ1) is 7.58. The maximum Gasteiger partial charge on any atom is 0.253 e. The van der Waals surface area contributed by atoms with E-state index in [0.29, 0.717) is 6.54 Å². The minimum atomic E-state index is 0. The lowest BCUT2D eigenvalue weighted by Gasteiger charge is -2.16. The van der Waals surface area contributed by atoms with Crippen LogP contribution in [0.5, 0.6) is 0 Å². The first-order valence-corrected chi connectivity index (χ1v) is 5.70. The fourth-order valence-electron chi connectivity index (χ4n) is 2.03. The Morgan fingerprint density at radius 1 is 1.35 bits per heavy atom. The van der Waals surface area contributed by atoms with Gasteiger partial charge in [0.25, 0.3) is 5.91 Å². The molecule has 4 heteroatoms. The Labute approximate surface area is 108 Å². The molecule has 1 fully saturated rings. The highest BCUT2D eigenvalue weighted by Gasteiger charge is 2.24. The van der Waals surface area contributed by atoms with Crippen molar-refractivity contribution in [2.24, 2.45) is 5.73 Å². The van der Waals surface area contributed by atoms with E-state index in [1.807, 2.05) is 30.0 Å². The molecule has 1 aromatic carbocycles. The summed E-state index contributed by atoms with van der Waals surface area (Å²) in [5.41, 5.74) is 8.96. The third-order valence-corrected chi connectivity index (χ3v) is 3.27. The van der Waals surface area contributed by atoms with Crippen LogP contribution in [0.15, 0.2) is 18.2 Å². The molecular formula is C13H19ClN2O. The Hall–Kier alpha value is -1.06. The fourth-order valence-corrected chi connectivity index (χ4v) is 2.03. The number of aryl methyl sites for hydroxylation is 2. The van der Waals surface area contributed by atoms with Crippen LogP contribution in [0.4, 0.5) is 0 Å². The molecule has 1 aliphatic rings. The predicted molar refractivity (Wildman–Crippen MR) is 71.7 cm³/mol. The molecule has 0 bridgehead atoms. The standard InChI is InChI=1S/C13H18N2O.ClH/c1-9-3-4-11(7-10(9)2)13(16)15-6-5-12(14)8-15;/h3-4,7,12H,5-6,8,14H2,1-2H3;1H. The van der Waals surface area contributed by atoms with E-state index in [2.05, 4.69) is 6.92 Å². The molecule has 2 rings (SSSR count). The molecule has 1 aliphatic heterocycles. The van der Waals surface area contributed by atoms with Crippen molar-refractivity contribution in [1.29, 1.82) is 0 Å². The third-order valence-electron chi connectivity index (χ3n) is 3.27. The highest BCUT2D eigenvalue weighted by atomic mass is 35.5. The third kappa shape index (κ3) is 2.99. The van der Waals surface area contributed by atoms with E-state index in [0.717, 1.165) is 24.1 Å². The number of benzene rings is 1. The quantitative estimate of drug-likeness (QED) is 0.832. The van der Waals surface area contributed by atoms with Crippen LogP contribution < -0.4 is 5.73 Å². The number of nitrogens with two attached hydrogens (primary N) is 1. The Bertz CT molecular complexity index is 420. The molecule has 17 heavy (non-hydrogen) atoms. The zero-order valence-electron chi connectivity index (χ0n) is 10.3. The lowest BCUT2D eigenvalue weighted by Crippen LogP contribution is -2.31. The Morgan fingerprint density at radius 2 is 2.06 bits per heavy atom. The SMILES string of the molecule is Cc1ccc(C(=O)N2CCC(N)C2)cc1C.Cl. The van der Waals surface area contributed by atoms with Gasteiger partial charge in [0.15, 0.2) is 0 Å². The highest BCUT2D eigenvalue weighted by molar-refractivity contribution is 5.94. The van der Waals surface area contributed by atoms with E-state index in [-0.39, 0.29) is 24.4 Å². The monoisotopic (exact) mass is 254 g/mol. The minimum absolute atomic E-state index is 0. The molecular weight excluding hydrogens is 236 g/mol. The summed E-state index contributed by atoms with van der Waals surface area (Å²) < 4.78 is 0. The van der Waals surface area contributed by atoms with Gasteiger partial charge in [-0.1, -0.05) is 6.07 Å². The van der Waals surface area contributed by atoms with Crippen molar-refractivity contribution in [1.82, 2.24) is 4.90 Å². The average Bonchev–Trinajstić information content (AvgIpc) is 2.68. The molecule has 1 unspecified atom stereocenters. The van der Waals surface area contributed by atoms with Crippen LogP contribution in [-0.4, -0.2) is 29.9 Å². The Balaban J connectivity index is 0.00000144. The molecule has 0 spiro atoms. The molecule has 0 radical (unpaired) electrons. The second-order valence-electron chi connectivity index (χ2n) is 4.60. The predicted octanol–water partition coefficient (Wildman–Crippen LogP) is 1.90. The van der Waals surface area contributed by atoms with Crippen molar-refractivity contribution < 1.29 is 4.79 Å². The summed E-state index contributed by atoms with van der Waals surface area (Å²) in [7, 11) is 0. The first kappa shape index (κ1) is 14.0. The smallest absolute Gasteiger partial charge is 0.253 e.